The molecular formula is C13H18Cl2N3OP. The zero-order chi connectivity index (χ0) is 14.2. The molecule has 0 fully saturated rings. The van der Waals surface area contributed by atoms with Crippen LogP contribution in [0, 0.1) is 0 Å². The number of benzene rings is 1. The van der Waals surface area contributed by atoms with Gasteiger partial charge in [-0.05, 0) is 24.5 Å². The Morgan fingerprint density at radius 1 is 1.30 bits per heavy atom. The second kappa shape index (κ2) is 5.76. The third-order valence-electron chi connectivity index (χ3n) is 3.86. The molecule has 110 valence electrons. The molecule has 0 amide bonds. The molecule has 1 aromatic carbocycles. The molecule has 0 radical (unpaired) electrons. The normalized spacial score (nSPS) is 23.9. The number of rotatable bonds is 5. The second-order valence-corrected chi connectivity index (χ2v) is 8.14. The fourth-order valence-electron chi connectivity index (χ4n) is 3.01. The Balaban J connectivity index is 2.00. The van der Waals surface area contributed by atoms with E-state index in [1.54, 1.807) is 0 Å². The molecule has 2 aliphatic heterocycles. The highest BCUT2D eigenvalue weighted by molar-refractivity contribution is 7.65. The van der Waals surface area contributed by atoms with Crippen molar-refractivity contribution in [1.82, 2.24) is 4.67 Å². The summed E-state index contributed by atoms with van der Waals surface area (Å²) in [4.78, 5) is 0. The van der Waals surface area contributed by atoms with Crippen LogP contribution in [0.4, 0.5) is 11.4 Å². The van der Waals surface area contributed by atoms with Gasteiger partial charge < -0.3 is 5.09 Å². The molecule has 0 saturated carbocycles. The molecule has 3 rings (SSSR count). The Morgan fingerprint density at radius 3 is 2.75 bits per heavy atom. The number of halogens is 2. The SMILES string of the molecule is O=P1(N(CCCl)CCCl)Nc2cccc3c2N1CCC3. The maximum Gasteiger partial charge on any atom is 0.333 e. The average molecular weight is 334 g/mol. The largest absolute Gasteiger partial charge is 0.333 e. The van der Waals surface area contributed by atoms with Crippen LogP contribution in [-0.2, 0) is 11.0 Å². The number of hydrogen-bond acceptors (Lipinski definition) is 1. The van der Waals surface area contributed by atoms with E-state index in [0.717, 1.165) is 30.8 Å². The van der Waals surface area contributed by atoms with E-state index in [1.807, 2.05) is 21.5 Å². The number of nitrogens with one attached hydrogen (secondary N) is 1. The van der Waals surface area contributed by atoms with Crippen LogP contribution in [0.1, 0.15) is 12.0 Å². The second-order valence-electron chi connectivity index (χ2n) is 5.03. The average Bonchev–Trinajstić information content (AvgIpc) is 2.75. The molecule has 1 unspecified atom stereocenters. The summed E-state index contributed by atoms with van der Waals surface area (Å²) in [6, 6.07) is 6.14. The van der Waals surface area contributed by atoms with E-state index < -0.39 is 7.59 Å². The zero-order valence-electron chi connectivity index (χ0n) is 11.2. The topological polar surface area (TPSA) is 35.6 Å². The number of nitrogens with zero attached hydrogens (tertiary/aromatic N) is 2. The van der Waals surface area contributed by atoms with Gasteiger partial charge in [-0.1, -0.05) is 12.1 Å². The predicted molar refractivity (Wildman–Crippen MR) is 86.4 cm³/mol. The first-order chi connectivity index (χ1) is 9.70. The maximum atomic E-state index is 13.5. The minimum Gasteiger partial charge on any atom is -0.306 e. The van der Waals surface area contributed by atoms with Crippen molar-refractivity contribution in [3.63, 3.8) is 0 Å². The summed E-state index contributed by atoms with van der Waals surface area (Å²) in [5.74, 6) is 0.888. The first kappa shape index (κ1) is 14.5. The lowest BCUT2D eigenvalue weighted by atomic mass is 10.0. The van der Waals surface area contributed by atoms with Gasteiger partial charge in [-0.15, -0.1) is 23.2 Å². The number of para-hydroxylation sites is 1. The molecule has 4 nitrogen and oxygen atoms in total. The van der Waals surface area contributed by atoms with Crippen LogP contribution in [0.3, 0.4) is 0 Å². The van der Waals surface area contributed by atoms with E-state index in [4.69, 9.17) is 23.2 Å². The van der Waals surface area contributed by atoms with Gasteiger partial charge in [0, 0.05) is 31.4 Å². The molecule has 20 heavy (non-hydrogen) atoms. The fourth-order valence-corrected chi connectivity index (χ4v) is 6.38. The van der Waals surface area contributed by atoms with Crippen LogP contribution in [0.5, 0.6) is 0 Å². The maximum absolute atomic E-state index is 13.5. The van der Waals surface area contributed by atoms with Gasteiger partial charge in [0.05, 0.1) is 11.4 Å². The predicted octanol–water partition coefficient (Wildman–Crippen LogP) is 3.75. The van der Waals surface area contributed by atoms with E-state index >= 15 is 0 Å². The Bertz CT molecular complexity index is 548. The van der Waals surface area contributed by atoms with Gasteiger partial charge in [-0.25, -0.2) is 4.67 Å². The quantitative estimate of drug-likeness (QED) is 0.657. The molecule has 1 atom stereocenters. The van der Waals surface area contributed by atoms with Crippen LogP contribution in [0.15, 0.2) is 18.2 Å². The van der Waals surface area contributed by atoms with E-state index in [-0.39, 0.29) is 0 Å². The molecule has 0 saturated heterocycles. The van der Waals surface area contributed by atoms with Gasteiger partial charge >= 0.3 is 7.59 Å². The minimum absolute atomic E-state index is 0.444. The monoisotopic (exact) mass is 333 g/mol. The van der Waals surface area contributed by atoms with Gasteiger partial charge in [0.1, 0.15) is 0 Å². The van der Waals surface area contributed by atoms with Gasteiger partial charge in [-0.2, -0.15) is 0 Å². The third kappa shape index (κ3) is 2.23. The summed E-state index contributed by atoms with van der Waals surface area (Å²) in [6.07, 6.45) is 2.07. The van der Waals surface area contributed by atoms with Crippen molar-refractivity contribution in [2.45, 2.75) is 12.8 Å². The van der Waals surface area contributed by atoms with Gasteiger partial charge in [0.15, 0.2) is 0 Å². The van der Waals surface area contributed by atoms with Crippen molar-refractivity contribution in [3.8, 4) is 0 Å². The van der Waals surface area contributed by atoms with Crippen molar-refractivity contribution < 1.29 is 4.57 Å². The van der Waals surface area contributed by atoms with Crippen molar-refractivity contribution in [1.29, 1.82) is 0 Å². The first-order valence-corrected chi connectivity index (χ1v) is 9.54. The Kier molecular flexibility index (Phi) is 4.19. The summed E-state index contributed by atoms with van der Waals surface area (Å²) >= 11 is 11.7. The molecule has 1 N–H and O–H groups in total. The summed E-state index contributed by atoms with van der Waals surface area (Å²) in [5.41, 5.74) is 3.35. The highest BCUT2D eigenvalue weighted by atomic mass is 35.5. The molecule has 7 heteroatoms. The third-order valence-corrected chi connectivity index (χ3v) is 6.95. The lowest BCUT2D eigenvalue weighted by Crippen LogP contribution is -2.36. The molecule has 0 aromatic heterocycles. The van der Waals surface area contributed by atoms with Crippen LogP contribution in [0.2, 0.25) is 0 Å². The van der Waals surface area contributed by atoms with Crippen LogP contribution >= 0.6 is 30.8 Å². The molecule has 1 aromatic rings. The standard InChI is InChI=1S/C13H18Cl2N3OP/c14-6-9-17(10-7-15)20(19)16-12-5-1-3-11-4-2-8-18(20)13(11)12/h1,3,5H,2,4,6-10H2,(H,16,19). The Hall–Kier alpha value is -0.410. The number of hydrogen-bond donors (Lipinski definition) is 1. The van der Waals surface area contributed by atoms with E-state index in [0.29, 0.717) is 24.8 Å². The van der Waals surface area contributed by atoms with Crippen LogP contribution in [-0.4, -0.2) is 36.1 Å². The van der Waals surface area contributed by atoms with Crippen molar-refractivity contribution in [3.05, 3.63) is 23.8 Å². The molecule has 2 heterocycles. The van der Waals surface area contributed by atoms with E-state index in [1.165, 1.54) is 5.56 Å². The Morgan fingerprint density at radius 2 is 2.05 bits per heavy atom. The zero-order valence-corrected chi connectivity index (χ0v) is 13.6. The number of alkyl halides is 2. The first-order valence-electron chi connectivity index (χ1n) is 6.86. The van der Waals surface area contributed by atoms with Gasteiger partial charge in [0.25, 0.3) is 0 Å². The minimum atomic E-state index is -2.83. The summed E-state index contributed by atoms with van der Waals surface area (Å²) < 4.78 is 17.5. The summed E-state index contributed by atoms with van der Waals surface area (Å²) in [6.45, 7) is 1.95. The van der Waals surface area contributed by atoms with Gasteiger partial charge in [-0.3, -0.25) is 9.24 Å². The van der Waals surface area contributed by atoms with Gasteiger partial charge in [0.2, 0.25) is 0 Å². The molecular weight excluding hydrogens is 316 g/mol. The number of anilines is 2. The lowest BCUT2D eigenvalue weighted by Gasteiger charge is -2.36. The van der Waals surface area contributed by atoms with E-state index in [2.05, 4.69) is 11.2 Å². The van der Waals surface area contributed by atoms with Crippen molar-refractivity contribution >= 4 is 42.2 Å². The van der Waals surface area contributed by atoms with Crippen LogP contribution in [0.25, 0.3) is 0 Å². The summed E-state index contributed by atoms with van der Waals surface area (Å²) in [7, 11) is -2.83. The van der Waals surface area contributed by atoms with Crippen molar-refractivity contribution in [2.24, 2.45) is 0 Å². The van der Waals surface area contributed by atoms with Crippen LogP contribution < -0.4 is 9.76 Å². The Labute approximate surface area is 129 Å². The van der Waals surface area contributed by atoms with Crippen molar-refractivity contribution in [2.75, 3.05) is 41.2 Å². The molecule has 2 aliphatic rings. The molecule has 0 aliphatic carbocycles. The molecule has 0 spiro atoms. The fraction of sp³-hybridized carbons (Fsp3) is 0.538. The number of aryl methyl sites for hydroxylation is 1. The lowest BCUT2D eigenvalue weighted by molar-refractivity contribution is 0.446. The highest BCUT2D eigenvalue weighted by Crippen LogP contribution is 2.64. The smallest absolute Gasteiger partial charge is 0.306 e. The summed E-state index contributed by atoms with van der Waals surface area (Å²) in [5, 5.41) is 3.25. The van der Waals surface area contributed by atoms with E-state index in [9.17, 15) is 4.57 Å². The highest BCUT2D eigenvalue weighted by Gasteiger charge is 2.45. The molecule has 0 bridgehead atoms.